The van der Waals surface area contributed by atoms with E-state index in [0.29, 0.717) is 0 Å². The van der Waals surface area contributed by atoms with Gasteiger partial charge in [0, 0.05) is 34.2 Å². The Bertz CT molecular complexity index is 508. The third kappa shape index (κ3) is 1.82. The highest BCUT2D eigenvalue weighted by atomic mass is 79.9. The fourth-order valence-corrected chi connectivity index (χ4v) is 2.21. The van der Waals surface area contributed by atoms with Crippen LogP contribution < -0.4 is 0 Å². The van der Waals surface area contributed by atoms with Crippen LogP contribution in [-0.4, -0.2) is 9.67 Å². The molecule has 1 N–H and O–H groups in total. The molecule has 1 aromatic heterocycles. The summed E-state index contributed by atoms with van der Waals surface area (Å²) in [4.78, 5) is 0. The van der Waals surface area contributed by atoms with Crippen LogP contribution in [0.3, 0.4) is 0 Å². The normalized spacial score (nSPS) is 12.3. The van der Waals surface area contributed by atoms with Crippen molar-refractivity contribution in [3.63, 3.8) is 0 Å². The molecule has 0 bridgehead atoms. The predicted octanol–water partition coefficient (Wildman–Crippen LogP) is 3.17. The number of halogens is 1. The highest BCUT2D eigenvalue weighted by Crippen LogP contribution is 2.31. The predicted molar refractivity (Wildman–Crippen MR) is 65.9 cm³/mol. The topological polar surface area (TPSA) is 25.2 Å². The van der Waals surface area contributed by atoms with E-state index in [1.807, 2.05) is 43.8 Å². The largest absolute Gasteiger partial charge is 0.386 e. The SMILES string of the molecule is Cn1cc(C(C)(C)O)c2cc(Br)ccc21. The molecule has 0 unspecified atom stereocenters. The zero-order valence-electron chi connectivity index (χ0n) is 9.08. The van der Waals surface area contributed by atoms with Crippen molar-refractivity contribution in [3.8, 4) is 0 Å². The Morgan fingerprint density at radius 2 is 2.00 bits per heavy atom. The van der Waals surface area contributed by atoms with Crippen molar-refractivity contribution in [2.75, 3.05) is 0 Å². The van der Waals surface area contributed by atoms with E-state index in [-0.39, 0.29) is 0 Å². The number of aryl methyl sites for hydroxylation is 1. The Labute approximate surface area is 97.7 Å². The van der Waals surface area contributed by atoms with Crippen LogP contribution in [0.15, 0.2) is 28.9 Å². The molecule has 2 aromatic rings. The second-order valence-corrected chi connectivity index (χ2v) is 5.29. The van der Waals surface area contributed by atoms with Crippen LogP contribution in [0, 0.1) is 0 Å². The molecule has 2 rings (SSSR count). The summed E-state index contributed by atoms with van der Waals surface area (Å²) in [6, 6.07) is 6.10. The van der Waals surface area contributed by atoms with Gasteiger partial charge < -0.3 is 9.67 Å². The molecule has 0 saturated heterocycles. The number of hydrogen-bond acceptors (Lipinski definition) is 1. The smallest absolute Gasteiger partial charge is 0.0861 e. The maximum Gasteiger partial charge on any atom is 0.0861 e. The summed E-state index contributed by atoms with van der Waals surface area (Å²) in [5, 5.41) is 11.2. The minimum atomic E-state index is -0.805. The van der Waals surface area contributed by atoms with E-state index in [1.165, 1.54) is 0 Å². The van der Waals surface area contributed by atoms with E-state index < -0.39 is 5.60 Å². The number of rotatable bonds is 1. The Hall–Kier alpha value is -0.800. The molecule has 15 heavy (non-hydrogen) atoms. The third-order valence-corrected chi connectivity index (χ3v) is 3.10. The van der Waals surface area contributed by atoms with Crippen LogP contribution in [0.4, 0.5) is 0 Å². The quantitative estimate of drug-likeness (QED) is 0.844. The van der Waals surface area contributed by atoms with E-state index in [2.05, 4.69) is 22.0 Å². The summed E-state index contributed by atoms with van der Waals surface area (Å²) < 4.78 is 3.07. The average molecular weight is 268 g/mol. The maximum absolute atomic E-state index is 10.1. The van der Waals surface area contributed by atoms with Gasteiger partial charge in [0.2, 0.25) is 0 Å². The lowest BCUT2D eigenvalue weighted by Crippen LogP contribution is -2.14. The molecule has 2 nitrogen and oxygen atoms in total. The number of aliphatic hydroxyl groups is 1. The summed E-state index contributed by atoms with van der Waals surface area (Å²) in [5.41, 5.74) is 1.29. The lowest BCUT2D eigenvalue weighted by Gasteiger charge is -2.16. The number of benzene rings is 1. The van der Waals surface area contributed by atoms with Gasteiger partial charge >= 0.3 is 0 Å². The second-order valence-electron chi connectivity index (χ2n) is 4.37. The van der Waals surface area contributed by atoms with Crippen LogP contribution in [0.2, 0.25) is 0 Å². The number of fused-ring (bicyclic) bond motifs is 1. The van der Waals surface area contributed by atoms with E-state index >= 15 is 0 Å². The van der Waals surface area contributed by atoms with Crippen molar-refractivity contribution in [1.29, 1.82) is 0 Å². The Morgan fingerprint density at radius 3 is 2.60 bits per heavy atom. The molecule has 0 atom stereocenters. The van der Waals surface area contributed by atoms with E-state index in [9.17, 15) is 5.11 Å². The van der Waals surface area contributed by atoms with Gasteiger partial charge in [-0.25, -0.2) is 0 Å². The van der Waals surface area contributed by atoms with E-state index in [1.54, 1.807) is 0 Å². The van der Waals surface area contributed by atoms with Crippen molar-refractivity contribution in [3.05, 3.63) is 34.4 Å². The van der Waals surface area contributed by atoms with Gasteiger partial charge in [0.1, 0.15) is 0 Å². The first-order chi connectivity index (χ1) is 6.89. The standard InChI is InChI=1S/C12H14BrNO/c1-12(2,15)10-7-14(3)11-5-4-8(13)6-9(10)11/h4-7,15H,1-3H3. The van der Waals surface area contributed by atoms with Gasteiger partial charge in [-0.3, -0.25) is 0 Å². The molecule has 0 aliphatic rings. The van der Waals surface area contributed by atoms with E-state index in [4.69, 9.17) is 0 Å². The lowest BCUT2D eigenvalue weighted by atomic mass is 9.98. The first-order valence-corrected chi connectivity index (χ1v) is 5.66. The van der Waals surface area contributed by atoms with E-state index in [0.717, 1.165) is 20.9 Å². The molecule has 0 saturated carbocycles. The monoisotopic (exact) mass is 267 g/mol. The summed E-state index contributed by atoms with van der Waals surface area (Å²) in [6.45, 7) is 3.62. The zero-order valence-corrected chi connectivity index (χ0v) is 10.7. The Morgan fingerprint density at radius 1 is 1.33 bits per heavy atom. The second kappa shape index (κ2) is 3.35. The maximum atomic E-state index is 10.1. The van der Waals surface area contributed by atoms with Crippen LogP contribution in [0.25, 0.3) is 10.9 Å². The van der Waals surface area contributed by atoms with Gasteiger partial charge in [0.15, 0.2) is 0 Å². The molecule has 0 aliphatic carbocycles. The first kappa shape index (κ1) is 10.7. The molecule has 80 valence electrons. The Kier molecular flexibility index (Phi) is 2.40. The molecule has 3 heteroatoms. The van der Waals surface area contributed by atoms with Crippen molar-refractivity contribution in [1.82, 2.24) is 4.57 Å². The van der Waals surface area contributed by atoms with Crippen molar-refractivity contribution < 1.29 is 5.11 Å². The molecule has 0 radical (unpaired) electrons. The number of nitrogens with zero attached hydrogens (tertiary/aromatic N) is 1. The molecule has 0 fully saturated rings. The molecular formula is C12H14BrNO. The molecule has 0 amide bonds. The highest BCUT2D eigenvalue weighted by molar-refractivity contribution is 9.10. The molecule has 1 heterocycles. The highest BCUT2D eigenvalue weighted by Gasteiger charge is 2.21. The summed E-state index contributed by atoms with van der Waals surface area (Å²) >= 11 is 3.45. The Balaban J connectivity index is 2.81. The molecule has 0 spiro atoms. The molecular weight excluding hydrogens is 254 g/mol. The van der Waals surface area contributed by atoms with Gasteiger partial charge in [-0.2, -0.15) is 0 Å². The number of aromatic nitrogens is 1. The zero-order chi connectivity index (χ0) is 11.2. The summed E-state index contributed by atoms with van der Waals surface area (Å²) in [6.07, 6.45) is 1.98. The summed E-state index contributed by atoms with van der Waals surface area (Å²) in [7, 11) is 1.99. The molecule has 1 aromatic carbocycles. The van der Waals surface area contributed by atoms with Crippen LogP contribution >= 0.6 is 15.9 Å². The fourth-order valence-electron chi connectivity index (χ4n) is 1.85. The average Bonchev–Trinajstić information content (AvgIpc) is 2.42. The van der Waals surface area contributed by atoms with Crippen molar-refractivity contribution in [2.45, 2.75) is 19.4 Å². The fraction of sp³-hybridized carbons (Fsp3) is 0.333. The lowest BCUT2D eigenvalue weighted by molar-refractivity contribution is 0.0800. The van der Waals surface area contributed by atoms with Crippen LogP contribution in [-0.2, 0) is 12.6 Å². The minimum absolute atomic E-state index is 0.805. The van der Waals surface area contributed by atoms with Gasteiger partial charge in [-0.05, 0) is 32.0 Å². The van der Waals surface area contributed by atoms with Crippen molar-refractivity contribution in [2.24, 2.45) is 7.05 Å². The van der Waals surface area contributed by atoms with Crippen molar-refractivity contribution >= 4 is 26.8 Å². The summed E-state index contributed by atoms with van der Waals surface area (Å²) in [5.74, 6) is 0. The third-order valence-electron chi connectivity index (χ3n) is 2.61. The van der Waals surface area contributed by atoms with Gasteiger partial charge in [0.25, 0.3) is 0 Å². The molecule has 0 aliphatic heterocycles. The van der Waals surface area contributed by atoms with Gasteiger partial charge in [-0.15, -0.1) is 0 Å². The van der Waals surface area contributed by atoms with Gasteiger partial charge in [0.05, 0.1) is 5.60 Å². The van der Waals surface area contributed by atoms with Crippen LogP contribution in [0.1, 0.15) is 19.4 Å². The van der Waals surface area contributed by atoms with Gasteiger partial charge in [-0.1, -0.05) is 15.9 Å². The number of hydrogen-bond donors (Lipinski definition) is 1. The first-order valence-electron chi connectivity index (χ1n) is 4.87. The minimum Gasteiger partial charge on any atom is -0.386 e. The van der Waals surface area contributed by atoms with Crippen LogP contribution in [0.5, 0.6) is 0 Å².